The Labute approximate surface area is 99.9 Å². The minimum absolute atomic E-state index is 0.0191. The van der Waals surface area contributed by atoms with Gasteiger partial charge in [-0.1, -0.05) is 32.6 Å². The third kappa shape index (κ3) is 2.28. The molecule has 16 heavy (non-hydrogen) atoms. The first-order valence-electron chi connectivity index (χ1n) is 6.99. The van der Waals surface area contributed by atoms with Gasteiger partial charge in [0.05, 0.1) is 5.60 Å². The molecule has 0 aromatic rings. The van der Waals surface area contributed by atoms with E-state index in [1.54, 1.807) is 0 Å². The van der Waals surface area contributed by atoms with Crippen molar-refractivity contribution in [2.24, 2.45) is 17.6 Å². The van der Waals surface area contributed by atoms with E-state index in [1.807, 2.05) is 7.11 Å². The normalized spacial score (nSPS) is 36.2. The van der Waals surface area contributed by atoms with E-state index in [1.165, 1.54) is 51.4 Å². The summed E-state index contributed by atoms with van der Waals surface area (Å²) in [7, 11) is 1.86. The topological polar surface area (TPSA) is 35.2 Å². The van der Waals surface area contributed by atoms with Crippen LogP contribution in [0.4, 0.5) is 0 Å². The SMILES string of the molecule is COC1(C(N)C2CCC(C)CC2)CCCC1. The molecule has 0 aliphatic heterocycles. The molecule has 2 aliphatic rings. The van der Waals surface area contributed by atoms with Gasteiger partial charge >= 0.3 is 0 Å². The van der Waals surface area contributed by atoms with Crippen molar-refractivity contribution < 1.29 is 4.74 Å². The Morgan fingerprint density at radius 2 is 1.69 bits per heavy atom. The lowest BCUT2D eigenvalue weighted by Crippen LogP contribution is -2.52. The molecule has 2 fully saturated rings. The molecule has 1 atom stereocenters. The van der Waals surface area contributed by atoms with Gasteiger partial charge < -0.3 is 10.5 Å². The molecular weight excluding hydrogens is 198 g/mol. The molecule has 0 aromatic heterocycles. The van der Waals surface area contributed by atoms with Crippen LogP contribution in [0.5, 0.6) is 0 Å². The van der Waals surface area contributed by atoms with Crippen molar-refractivity contribution >= 4 is 0 Å². The number of hydrogen-bond donors (Lipinski definition) is 1. The van der Waals surface area contributed by atoms with Crippen LogP contribution < -0.4 is 5.73 Å². The van der Waals surface area contributed by atoms with Gasteiger partial charge in [-0.05, 0) is 37.5 Å². The second kappa shape index (κ2) is 5.05. The van der Waals surface area contributed by atoms with Crippen LogP contribution in [0.15, 0.2) is 0 Å². The Morgan fingerprint density at radius 1 is 1.12 bits per heavy atom. The molecule has 2 aliphatic carbocycles. The number of nitrogens with two attached hydrogens (primary N) is 1. The summed E-state index contributed by atoms with van der Waals surface area (Å²) in [4.78, 5) is 0. The van der Waals surface area contributed by atoms with E-state index in [-0.39, 0.29) is 11.6 Å². The number of hydrogen-bond acceptors (Lipinski definition) is 2. The fourth-order valence-electron chi connectivity index (χ4n) is 3.72. The molecule has 2 nitrogen and oxygen atoms in total. The van der Waals surface area contributed by atoms with Crippen LogP contribution in [0.3, 0.4) is 0 Å². The van der Waals surface area contributed by atoms with E-state index in [0.717, 1.165) is 5.92 Å². The maximum absolute atomic E-state index is 6.52. The van der Waals surface area contributed by atoms with Crippen molar-refractivity contribution in [1.82, 2.24) is 0 Å². The zero-order chi connectivity index (χ0) is 11.6. The van der Waals surface area contributed by atoms with E-state index in [9.17, 15) is 0 Å². The lowest BCUT2D eigenvalue weighted by atomic mass is 9.73. The highest BCUT2D eigenvalue weighted by Crippen LogP contribution is 2.41. The Bertz CT molecular complexity index is 215. The molecule has 94 valence electrons. The second-order valence-electron chi connectivity index (χ2n) is 6.02. The molecule has 2 rings (SSSR count). The predicted octanol–water partition coefficient (Wildman–Crippen LogP) is 3.10. The molecule has 0 bridgehead atoms. The lowest BCUT2D eigenvalue weighted by molar-refractivity contribution is -0.0459. The Morgan fingerprint density at radius 3 is 2.19 bits per heavy atom. The van der Waals surface area contributed by atoms with Crippen LogP contribution in [-0.4, -0.2) is 18.8 Å². The fraction of sp³-hybridized carbons (Fsp3) is 1.00. The van der Waals surface area contributed by atoms with Gasteiger partial charge in [-0.15, -0.1) is 0 Å². The molecule has 0 saturated heterocycles. The molecule has 2 heteroatoms. The minimum atomic E-state index is 0.0191. The summed E-state index contributed by atoms with van der Waals surface area (Å²) < 4.78 is 5.82. The van der Waals surface area contributed by atoms with Crippen molar-refractivity contribution in [3.63, 3.8) is 0 Å². The third-order valence-corrected chi connectivity index (χ3v) is 5.03. The van der Waals surface area contributed by atoms with Gasteiger partial charge in [0, 0.05) is 13.2 Å². The van der Waals surface area contributed by atoms with Crippen LogP contribution in [0.25, 0.3) is 0 Å². The molecule has 1 unspecified atom stereocenters. The zero-order valence-electron chi connectivity index (χ0n) is 10.9. The standard InChI is InChI=1S/C14H27NO/c1-11-5-7-12(8-6-11)13(15)14(16-2)9-3-4-10-14/h11-13H,3-10,15H2,1-2H3. The van der Waals surface area contributed by atoms with E-state index >= 15 is 0 Å². The average molecular weight is 225 g/mol. The van der Waals surface area contributed by atoms with E-state index in [4.69, 9.17) is 10.5 Å². The minimum Gasteiger partial charge on any atom is -0.377 e. The van der Waals surface area contributed by atoms with Gasteiger partial charge in [-0.25, -0.2) is 0 Å². The van der Waals surface area contributed by atoms with Crippen LogP contribution >= 0.6 is 0 Å². The summed E-state index contributed by atoms with van der Waals surface area (Å²) in [6, 6.07) is 0.271. The Balaban J connectivity index is 1.97. The van der Waals surface area contributed by atoms with E-state index in [0.29, 0.717) is 5.92 Å². The molecule has 0 radical (unpaired) electrons. The summed E-state index contributed by atoms with van der Waals surface area (Å²) in [6.45, 7) is 2.36. The van der Waals surface area contributed by atoms with Gasteiger partial charge in [0.1, 0.15) is 0 Å². The molecule has 2 saturated carbocycles. The van der Waals surface area contributed by atoms with Crippen LogP contribution in [-0.2, 0) is 4.74 Å². The quantitative estimate of drug-likeness (QED) is 0.801. The maximum atomic E-state index is 6.52. The van der Waals surface area contributed by atoms with Crippen molar-refractivity contribution in [3.8, 4) is 0 Å². The van der Waals surface area contributed by atoms with E-state index < -0.39 is 0 Å². The average Bonchev–Trinajstić information content (AvgIpc) is 2.79. The Hall–Kier alpha value is -0.0800. The Kier molecular flexibility index (Phi) is 3.91. The van der Waals surface area contributed by atoms with Gasteiger partial charge in [0.25, 0.3) is 0 Å². The molecular formula is C14H27NO. The summed E-state index contributed by atoms with van der Waals surface area (Å²) in [5.41, 5.74) is 6.54. The van der Waals surface area contributed by atoms with Crippen molar-refractivity contribution in [2.45, 2.75) is 69.9 Å². The number of ether oxygens (including phenoxy) is 1. The molecule has 0 aromatic carbocycles. The summed E-state index contributed by atoms with van der Waals surface area (Å²) in [5.74, 6) is 1.61. The monoisotopic (exact) mass is 225 g/mol. The highest BCUT2D eigenvalue weighted by atomic mass is 16.5. The first kappa shape index (κ1) is 12.4. The molecule has 0 heterocycles. The van der Waals surface area contributed by atoms with Crippen molar-refractivity contribution in [2.75, 3.05) is 7.11 Å². The smallest absolute Gasteiger partial charge is 0.0831 e. The van der Waals surface area contributed by atoms with Gasteiger partial charge in [-0.2, -0.15) is 0 Å². The zero-order valence-corrected chi connectivity index (χ0v) is 10.9. The molecule has 0 spiro atoms. The van der Waals surface area contributed by atoms with Crippen LogP contribution in [0, 0.1) is 11.8 Å². The fourth-order valence-corrected chi connectivity index (χ4v) is 3.72. The van der Waals surface area contributed by atoms with Gasteiger partial charge in [0.15, 0.2) is 0 Å². The van der Waals surface area contributed by atoms with Gasteiger partial charge in [-0.3, -0.25) is 0 Å². The van der Waals surface area contributed by atoms with E-state index in [2.05, 4.69) is 6.92 Å². The second-order valence-corrected chi connectivity index (χ2v) is 6.02. The highest BCUT2D eigenvalue weighted by Gasteiger charge is 2.43. The van der Waals surface area contributed by atoms with Crippen LogP contribution in [0.1, 0.15) is 58.3 Å². The summed E-state index contributed by atoms with van der Waals surface area (Å²) in [5, 5.41) is 0. The lowest BCUT2D eigenvalue weighted by Gasteiger charge is -2.41. The molecule has 0 amide bonds. The maximum Gasteiger partial charge on any atom is 0.0831 e. The first-order chi connectivity index (χ1) is 7.68. The first-order valence-corrected chi connectivity index (χ1v) is 6.99. The van der Waals surface area contributed by atoms with Crippen molar-refractivity contribution in [1.29, 1.82) is 0 Å². The van der Waals surface area contributed by atoms with Crippen molar-refractivity contribution in [3.05, 3.63) is 0 Å². The summed E-state index contributed by atoms with van der Waals surface area (Å²) in [6.07, 6.45) is 10.3. The predicted molar refractivity (Wildman–Crippen MR) is 67.3 cm³/mol. The number of rotatable bonds is 3. The van der Waals surface area contributed by atoms with Crippen LogP contribution in [0.2, 0.25) is 0 Å². The highest BCUT2D eigenvalue weighted by molar-refractivity contribution is 4.99. The molecule has 2 N–H and O–H groups in total. The largest absolute Gasteiger partial charge is 0.377 e. The van der Waals surface area contributed by atoms with Gasteiger partial charge in [0.2, 0.25) is 0 Å². The summed E-state index contributed by atoms with van der Waals surface area (Å²) >= 11 is 0. The number of methoxy groups -OCH3 is 1. The third-order valence-electron chi connectivity index (χ3n) is 5.03.